The van der Waals surface area contributed by atoms with Gasteiger partial charge in [-0.15, -0.1) is 0 Å². The molecule has 2 atom stereocenters. The predicted molar refractivity (Wildman–Crippen MR) is 60.1 cm³/mol. The van der Waals surface area contributed by atoms with Crippen molar-refractivity contribution in [1.29, 1.82) is 0 Å². The van der Waals surface area contributed by atoms with Crippen LogP contribution >= 0.6 is 0 Å². The van der Waals surface area contributed by atoms with Crippen molar-refractivity contribution < 1.29 is 10.1 Å². The monoisotopic (exact) mass is 198 g/mol. The van der Waals surface area contributed by atoms with E-state index in [0.29, 0.717) is 5.92 Å². The van der Waals surface area contributed by atoms with Crippen LogP contribution in [0, 0.1) is 5.92 Å². The van der Waals surface area contributed by atoms with Gasteiger partial charge in [0.1, 0.15) is 5.60 Å². The van der Waals surface area contributed by atoms with Gasteiger partial charge in [0.25, 0.3) is 0 Å². The van der Waals surface area contributed by atoms with Crippen LogP contribution in [0.25, 0.3) is 0 Å². The van der Waals surface area contributed by atoms with Gasteiger partial charge in [0.2, 0.25) is 0 Å². The zero-order valence-electron chi connectivity index (χ0n) is 9.71. The average molecular weight is 198 g/mol. The molecule has 1 N–H and O–H groups in total. The Kier molecular flexibility index (Phi) is 5.73. The summed E-state index contributed by atoms with van der Waals surface area (Å²) < 4.78 is 0. The molecule has 1 aliphatic rings. The second kappa shape index (κ2) is 5.99. The van der Waals surface area contributed by atoms with Crippen LogP contribution in [0.3, 0.4) is 0 Å². The van der Waals surface area contributed by atoms with Crippen molar-refractivity contribution in [3.05, 3.63) is 24.3 Å². The van der Waals surface area contributed by atoms with Gasteiger partial charge in [-0.3, -0.25) is 5.26 Å². The Balaban J connectivity index is 0.000000791. The van der Waals surface area contributed by atoms with Crippen LogP contribution < -0.4 is 0 Å². The van der Waals surface area contributed by atoms with Crippen molar-refractivity contribution in [2.24, 2.45) is 5.92 Å². The maximum Gasteiger partial charge on any atom is 0.119 e. The smallest absolute Gasteiger partial charge is 0.119 e. The Morgan fingerprint density at radius 2 is 2.14 bits per heavy atom. The fraction of sp³-hybridized carbons (Fsp3) is 0.667. The van der Waals surface area contributed by atoms with Crippen molar-refractivity contribution in [1.82, 2.24) is 0 Å². The van der Waals surface area contributed by atoms with Crippen molar-refractivity contribution >= 4 is 0 Å². The highest BCUT2D eigenvalue weighted by molar-refractivity contribution is 5.14. The van der Waals surface area contributed by atoms with Crippen LogP contribution in [-0.2, 0) is 4.89 Å². The molecule has 0 saturated heterocycles. The molecule has 0 spiro atoms. The molecular weight excluding hydrogens is 176 g/mol. The zero-order valence-corrected chi connectivity index (χ0v) is 9.71. The van der Waals surface area contributed by atoms with Gasteiger partial charge in [0.05, 0.1) is 0 Å². The number of allylic oxidation sites excluding steroid dienone is 2. The quantitative estimate of drug-likeness (QED) is 0.415. The lowest BCUT2D eigenvalue weighted by molar-refractivity contribution is -0.305. The highest BCUT2D eigenvalue weighted by Gasteiger charge is 2.27. The Morgan fingerprint density at radius 1 is 1.57 bits per heavy atom. The molecule has 82 valence electrons. The van der Waals surface area contributed by atoms with E-state index in [1.54, 1.807) is 0 Å². The Bertz CT molecular complexity index is 208. The third-order valence-electron chi connectivity index (χ3n) is 2.47. The molecule has 2 unspecified atom stereocenters. The molecule has 0 aromatic carbocycles. The number of hydrogen-bond donors (Lipinski definition) is 1. The highest BCUT2D eigenvalue weighted by atomic mass is 17.1. The van der Waals surface area contributed by atoms with E-state index in [1.165, 1.54) is 5.57 Å². The Hall–Kier alpha value is -0.600. The summed E-state index contributed by atoms with van der Waals surface area (Å²) in [5.74, 6) is 0.452. The molecule has 14 heavy (non-hydrogen) atoms. The molecule has 0 bridgehead atoms. The Labute approximate surface area is 87.2 Å². The fourth-order valence-corrected chi connectivity index (χ4v) is 1.43. The summed E-state index contributed by atoms with van der Waals surface area (Å²) in [7, 11) is 0. The van der Waals surface area contributed by atoms with Crippen molar-refractivity contribution in [3.8, 4) is 0 Å². The molecule has 1 rings (SSSR count). The SMILES string of the molecule is C=C(C)C1C=CC(C)(OO)CC1.CC. The first-order valence-electron chi connectivity index (χ1n) is 5.25. The average Bonchev–Trinajstić information content (AvgIpc) is 2.21. The third-order valence-corrected chi connectivity index (χ3v) is 2.47. The van der Waals surface area contributed by atoms with Gasteiger partial charge < -0.3 is 0 Å². The van der Waals surface area contributed by atoms with Crippen molar-refractivity contribution in [2.45, 2.75) is 46.1 Å². The van der Waals surface area contributed by atoms with E-state index in [0.717, 1.165) is 12.8 Å². The minimum atomic E-state index is -0.480. The minimum Gasteiger partial charge on any atom is -0.251 e. The van der Waals surface area contributed by atoms with Gasteiger partial charge in [0, 0.05) is 0 Å². The van der Waals surface area contributed by atoms with Gasteiger partial charge in [-0.05, 0) is 32.6 Å². The van der Waals surface area contributed by atoms with Crippen molar-refractivity contribution in [2.75, 3.05) is 0 Å². The standard InChI is InChI=1S/C10H16O2.C2H6/c1-8(2)9-4-6-10(3,12-11)7-5-9;1-2/h4,6,9,11H,1,5,7H2,2-3H3;1-2H3. The van der Waals surface area contributed by atoms with Crippen LogP contribution in [0.4, 0.5) is 0 Å². The highest BCUT2D eigenvalue weighted by Crippen LogP contribution is 2.30. The predicted octanol–water partition coefficient (Wildman–Crippen LogP) is 3.80. The molecule has 0 amide bonds. The number of rotatable bonds is 2. The molecule has 0 aromatic rings. The molecule has 0 aliphatic heterocycles. The second-order valence-corrected chi connectivity index (χ2v) is 3.75. The lowest BCUT2D eigenvalue weighted by atomic mass is 9.83. The van der Waals surface area contributed by atoms with E-state index >= 15 is 0 Å². The molecule has 0 fully saturated rings. The van der Waals surface area contributed by atoms with E-state index in [-0.39, 0.29) is 0 Å². The fourth-order valence-electron chi connectivity index (χ4n) is 1.43. The molecule has 2 heteroatoms. The third kappa shape index (κ3) is 3.64. The van der Waals surface area contributed by atoms with Crippen LogP contribution in [0.5, 0.6) is 0 Å². The lowest BCUT2D eigenvalue weighted by Gasteiger charge is -2.29. The zero-order chi connectivity index (χ0) is 11.2. The number of hydrogen-bond acceptors (Lipinski definition) is 2. The summed E-state index contributed by atoms with van der Waals surface area (Å²) in [5, 5.41) is 8.60. The van der Waals surface area contributed by atoms with E-state index in [2.05, 4.69) is 17.5 Å². The molecule has 0 saturated carbocycles. The minimum absolute atomic E-state index is 0.452. The summed E-state index contributed by atoms with van der Waals surface area (Å²) >= 11 is 0. The molecule has 1 aliphatic carbocycles. The molecule has 0 heterocycles. The van der Waals surface area contributed by atoms with E-state index in [1.807, 2.05) is 33.8 Å². The Morgan fingerprint density at radius 3 is 2.43 bits per heavy atom. The molecular formula is C12H22O2. The van der Waals surface area contributed by atoms with Crippen molar-refractivity contribution in [3.63, 3.8) is 0 Å². The maximum atomic E-state index is 8.60. The van der Waals surface area contributed by atoms with Crippen LogP contribution in [0.15, 0.2) is 24.3 Å². The normalized spacial score (nSPS) is 30.5. The van der Waals surface area contributed by atoms with Gasteiger partial charge in [-0.2, -0.15) is 0 Å². The van der Waals surface area contributed by atoms with Gasteiger partial charge in [-0.25, -0.2) is 4.89 Å². The summed E-state index contributed by atoms with van der Waals surface area (Å²) in [6, 6.07) is 0. The van der Waals surface area contributed by atoms with Gasteiger partial charge in [0.15, 0.2) is 0 Å². The van der Waals surface area contributed by atoms with E-state index in [4.69, 9.17) is 5.26 Å². The summed E-state index contributed by atoms with van der Waals surface area (Å²) in [5.41, 5.74) is 0.692. The van der Waals surface area contributed by atoms with Crippen LogP contribution in [0.1, 0.15) is 40.5 Å². The van der Waals surface area contributed by atoms with Crippen LogP contribution in [0.2, 0.25) is 0 Å². The first-order valence-corrected chi connectivity index (χ1v) is 5.25. The van der Waals surface area contributed by atoms with Crippen LogP contribution in [-0.4, -0.2) is 10.9 Å². The lowest BCUT2D eigenvalue weighted by Crippen LogP contribution is -2.28. The van der Waals surface area contributed by atoms with Gasteiger partial charge >= 0.3 is 0 Å². The summed E-state index contributed by atoms with van der Waals surface area (Å²) in [6.45, 7) is 11.8. The first kappa shape index (κ1) is 13.4. The summed E-state index contributed by atoms with van der Waals surface area (Å²) in [4.78, 5) is 4.39. The molecule has 2 nitrogen and oxygen atoms in total. The van der Waals surface area contributed by atoms with E-state index in [9.17, 15) is 0 Å². The largest absolute Gasteiger partial charge is 0.251 e. The second-order valence-electron chi connectivity index (χ2n) is 3.75. The summed E-state index contributed by atoms with van der Waals surface area (Å²) in [6.07, 6.45) is 5.82. The molecule has 0 aromatic heterocycles. The van der Waals surface area contributed by atoms with Gasteiger partial charge in [-0.1, -0.05) is 38.2 Å². The first-order chi connectivity index (χ1) is 6.57. The maximum absolute atomic E-state index is 8.60. The molecule has 0 radical (unpaired) electrons. The topological polar surface area (TPSA) is 29.5 Å². The van der Waals surface area contributed by atoms with E-state index < -0.39 is 5.60 Å².